The van der Waals surface area contributed by atoms with Crippen molar-refractivity contribution >= 4 is 17.7 Å². The Labute approximate surface area is 81.1 Å². The maximum absolute atomic E-state index is 10.9. The molecule has 6 heteroatoms. The fourth-order valence-corrected chi connectivity index (χ4v) is 1.37. The van der Waals surface area contributed by atoms with Gasteiger partial charge in [-0.1, -0.05) is 0 Å². The summed E-state index contributed by atoms with van der Waals surface area (Å²) < 4.78 is 0. The van der Waals surface area contributed by atoms with Crippen LogP contribution in [0.5, 0.6) is 0 Å². The van der Waals surface area contributed by atoms with E-state index >= 15 is 0 Å². The molecule has 4 N–H and O–H groups in total. The van der Waals surface area contributed by atoms with Crippen LogP contribution in [0.4, 0.5) is 0 Å². The molecule has 1 atom stereocenters. The molecule has 0 saturated heterocycles. The summed E-state index contributed by atoms with van der Waals surface area (Å²) in [5, 5.41) is 28.2. The van der Waals surface area contributed by atoms with E-state index in [0.29, 0.717) is 5.75 Å². The zero-order valence-corrected chi connectivity index (χ0v) is 8.09. The first-order valence-corrected chi connectivity index (χ1v) is 5.10. The van der Waals surface area contributed by atoms with Gasteiger partial charge in [0.1, 0.15) is 0 Å². The summed E-state index contributed by atoms with van der Waals surface area (Å²) in [5.41, 5.74) is 0. The standard InChI is InChI=1S/C7H15NO4S/c9-2-1-8-7(12)5-13-4-6(11)3-10/h6,9-11H,1-5H2,(H,8,12). The van der Waals surface area contributed by atoms with Gasteiger partial charge in [0.05, 0.1) is 25.1 Å². The highest BCUT2D eigenvalue weighted by Gasteiger charge is 2.04. The van der Waals surface area contributed by atoms with Gasteiger partial charge in [-0.15, -0.1) is 11.8 Å². The lowest BCUT2D eigenvalue weighted by molar-refractivity contribution is -0.118. The van der Waals surface area contributed by atoms with Crippen molar-refractivity contribution in [2.24, 2.45) is 0 Å². The van der Waals surface area contributed by atoms with Crippen molar-refractivity contribution in [1.82, 2.24) is 5.32 Å². The summed E-state index contributed by atoms with van der Waals surface area (Å²) in [5.74, 6) is 0.393. The molecule has 0 aliphatic carbocycles. The molecule has 0 radical (unpaired) electrons. The third-order valence-electron chi connectivity index (χ3n) is 1.19. The number of amides is 1. The molecule has 1 amide bonds. The fourth-order valence-electron chi connectivity index (χ4n) is 0.587. The Hall–Kier alpha value is -0.300. The molecule has 78 valence electrons. The van der Waals surface area contributed by atoms with Crippen molar-refractivity contribution in [3.05, 3.63) is 0 Å². The van der Waals surface area contributed by atoms with E-state index in [2.05, 4.69) is 5.32 Å². The van der Waals surface area contributed by atoms with Gasteiger partial charge in [-0.25, -0.2) is 0 Å². The normalized spacial score (nSPS) is 12.5. The van der Waals surface area contributed by atoms with Crippen molar-refractivity contribution in [1.29, 1.82) is 0 Å². The average Bonchev–Trinajstić information content (AvgIpc) is 2.14. The van der Waals surface area contributed by atoms with Crippen LogP contribution in [0.2, 0.25) is 0 Å². The number of aliphatic hydroxyl groups is 3. The maximum Gasteiger partial charge on any atom is 0.230 e. The topological polar surface area (TPSA) is 89.8 Å². The Morgan fingerprint density at radius 2 is 2.15 bits per heavy atom. The quantitative estimate of drug-likeness (QED) is 0.396. The molecule has 0 aromatic carbocycles. The molecule has 0 heterocycles. The maximum atomic E-state index is 10.9. The van der Waals surface area contributed by atoms with Gasteiger partial charge < -0.3 is 20.6 Å². The van der Waals surface area contributed by atoms with E-state index in [0.717, 1.165) is 0 Å². The monoisotopic (exact) mass is 209 g/mol. The van der Waals surface area contributed by atoms with Crippen LogP contribution in [-0.2, 0) is 4.79 Å². The van der Waals surface area contributed by atoms with E-state index in [1.165, 1.54) is 11.8 Å². The summed E-state index contributed by atoms with van der Waals surface area (Å²) >= 11 is 1.24. The predicted octanol–water partition coefficient (Wildman–Crippen LogP) is -1.82. The third kappa shape index (κ3) is 8.04. The number of carbonyl (C=O) groups is 1. The molecule has 0 saturated carbocycles. The number of carbonyl (C=O) groups excluding carboxylic acids is 1. The number of hydrogen-bond acceptors (Lipinski definition) is 5. The molecular weight excluding hydrogens is 194 g/mol. The van der Waals surface area contributed by atoms with Crippen molar-refractivity contribution in [3.63, 3.8) is 0 Å². The molecule has 1 unspecified atom stereocenters. The first-order valence-electron chi connectivity index (χ1n) is 3.95. The van der Waals surface area contributed by atoms with Crippen LogP contribution in [0.3, 0.4) is 0 Å². The van der Waals surface area contributed by atoms with Gasteiger partial charge in [-0.3, -0.25) is 4.79 Å². The van der Waals surface area contributed by atoms with Gasteiger partial charge in [0.15, 0.2) is 0 Å². The number of nitrogens with one attached hydrogen (secondary N) is 1. The van der Waals surface area contributed by atoms with E-state index in [9.17, 15) is 4.79 Å². The van der Waals surface area contributed by atoms with Crippen molar-refractivity contribution < 1.29 is 20.1 Å². The number of thioether (sulfide) groups is 1. The summed E-state index contributed by atoms with van der Waals surface area (Å²) in [6.45, 7) is -0.108. The van der Waals surface area contributed by atoms with E-state index in [1.54, 1.807) is 0 Å². The Morgan fingerprint density at radius 3 is 2.69 bits per heavy atom. The smallest absolute Gasteiger partial charge is 0.230 e. The lowest BCUT2D eigenvalue weighted by atomic mass is 10.4. The molecule has 0 rings (SSSR count). The minimum Gasteiger partial charge on any atom is -0.395 e. The zero-order chi connectivity index (χ0) is 10.1. The first kappa shape index (κ1) is 12.7. The van der Waals surface area contributed by atoms with E-state index < -0.39 is 6.10 Å². The van der Waals surface area contributed by atoms with Crippen LogP contribution in [-0.4, -0.2) is 58.6 Å². The summed E-state index contributed by atoms with van der Waals surface area (Å²) in [7, 11) is 0. The molecule has 0 aliphatic heterocycles. The zero-order valence-electron chi connectivity index (χ0n) is 7.27. The van der Waals surface area contributed by atoms with Gasteiger partial charge in [-0.2, -0.15) is 0 Å². The molecule has 0 bridgehead atoms. The predicted molar refractivity (Wildman–Crippen MR) is 50.5 cm³/mol. The number of hydrogen-bond donors (Lipinski definition) is 4. The van der Waals surface area contributed by atoms with E-state index in [4.69, 9.17) is 15.3 Å². The second-order valence-corrected chi connectivity index (χ2v) is 3.46. The van der Waals surface area contributed by atoms with E-state index in [1.807, 2.05) is 0 Å². The van der Waals surface area contributed by atoms with Crippen molar-refractivity contribution in [2.45, 2.75) is 6.10 Å². The average molecular weight is 209 g/mol. The number of aliphatic hydroxyl groups excluding tert-OH is 3. The summed E-state index contributed by atoms with van der Waals surface area (Å²) in [6, 6.07) is 0. The number of rotatable bonds is 7. The molecule has 0 fully saturated rings. The fraction of sp³-hybridized carbons (Fsp3) is 0.857. The highest BCUT2D eigenvalue weighted by molar-refractivity contribution is 7.99. The van der Waals surface area contributed by atoms with Gasteiger partial charge in [-0.05, 0) is 0 Å². The minimum atomic E-state index is -0.768. The molecule has 5 nitrogen and oxygen atoms in total. The van der Waals surface area contributed by atoms with Gasteiger partial charge in [0.2, 0.25) is 5.91 Å². The Kier molecular flexibility index (Phi) is 8.11. The second kappa shape index (κ2) is 8.31. The molecular formula is C7H15NO4S. The molecule has 13 heavy (non-hydrogen) atoms. The Morgan fingerprint density at radius 1 is 1.46 bits per heavy atom. The van der Waals surface area contributed by atoms with Crippen LogP contribution in [0, 0.1) is 0 Å². The SMILES string of the molecule is O=C(CSCC(O)CO)NCCO. The van der Waals surface area contributed by atoms with Crippen LogP contribution < -0.4 is 5.32 Å². The Bertz CT molecular complexity index is 144. The summed E-state index contributed by atoms with van der Waals surface area (Å²) in [4.78, 5) is 10.9. The van der Waals surface area contributed by atoms with Gasteiger partial charge in [0.25, 0.3) is 0 Å². The third-order valence-corrected chi connectivity index (χ3v) is 2.27. The minimum absolute atomic E-state index is 0.0737. The summed E-state index contributed by atoms with van der Waals surface area (Å²) in [6.07, 6.45) is -0.768. The van der Waals surface area contributed by atoms with Crippen molar-refractivity contribution in [3.8, 4) is 0 Å². The Balaban J connectivity index is 3.26. The first-order chi connectivity index (χ1) is 6.20. The van der Waals surface area contributed by atoms with Crippen LogP contribution in [0.1, 0.15) is 0 Å². The molecule has 0 aromatic rings. The van der Waals surface area contributed by atoms with Gasteiger partial charge >= 0.3 is 0 Å². The molecule has 0 spiro atoms. The van der Waals surface area contributed by atoms with Crippen LogP contribution >= 0.6 is 11.8 Å². The van der Waals surface area contributed by atoms with Gasteiger partial charge in [0, 0.05) is 12.3 Å². The largest absolute Gasteiger partial charge is 0.395 e. The second-order valence-electron chi connectivity index (χ2n) is 2.43. The molecule has 0 aliphatic rings. The van der Waals surface area contributed by atoms with Crippen LogP contribution in [0.25, 0.3) is 0 Å². The van der Waals surface area contributed by atoms with Crippen molar-refractivity contribution in [2.75, 3.05) is 31.3 Å². The lowest BCUT2D eigenvalue weighted by Gasteiger charge is -2.06. The van der Waals surface area contributed by atoms with E-state index in [-0.39, 0.29) is 31.4 Å². The highest BCUT2D eigenvalue weighted by Crippen LogP contribution is 2.01. The van der Waals surface area contributed by atoms with Crippen LogP contribution in [0.15, 0.2) is 0 Å². The molecule has 0 aromatic heterocycles. The highest BCUT2D eigenvalue weighted by atomic mass is 32.2. The lowest BCUT2D eigenvalue weighted by Crippen LogP contribution is -2.28.